The van der Waals surface area contributed by atoms with Crippen molar-refractivity contribution in [1.29, 1.82) is 0 Å². The van der Waals surface area contributed by atoms with E-state index in [-0.39, 0.29) is 11.9 Å². The smallest absolute Gasteiger partial charge is 0.223 e. The van der Waals surface area contributed by atoms with Gasteiger partial charge in [-0.2, -0.15) is 4.99 Å². The maximum absolute atomic E-state index is 5.60. The van der Waals surface area contributed by atoms with Crippen molar-refractivity contribution in [2.45, 2.75) is 13.0 Å². The van der Waals surface area contributed by atoms with Crippen molar-refractivity contribution in [3.05, 3.63) is 29.3 Å². The molecule has 96 valence electrons. The Bertz CT molecular complexity index is 501. The third-order valence-corrected chi connectivity index (χ3v) is 2.88. The van der Waals surface area contributed by atoms with E-state index in [0.717, 1.165) is 25.2 Å². The number of guanidine groups is 2. The SMILES string of the molecule is CN1CCc2ccc(N=C(N)N=C(N)N)cc2C1. The van der Waals surface area contributed by atoms with Gasteiger partial charge >= 0.3 is 0 Å². The zero-order chi connectivity index (χ0) is 13.1. The van der Waals surface area contributed by atoms with Crippen molar-refractivity contribution in [1.82, 2.24) is 4.90 Å². The van der Waals surface area contributed by atoms with Gasteiger partial charge in [0.15, 0.2) is 5.96 Å². The number of fused-ring (bicyclic) bond motifs is 1. The van der Waals surface area contributed by atoms with E-state index >= 15 is 0 Å². The van der Waals surface area contributed by atoms with Crippen molar-refractivity contribution in [3.8, 4) is 0 Å². The molecule has 0 unspecified atom stereocenters. The minimum absolute atomic E-state index is 0.0686. The summed E-state index contributed by atoms with van der Waals surface area (Å²) in [6.07, 6.45) is 1.07. The predicted molar refractivity (Wildman–Crippen MR) is 73.6 cm³/mol. The third-order valence-electron chi connectivity index (χ3n) is 2.88. The van der Waals surface area contributed by atoms with E-state index in [9.17, 15) is 0 Å². The Labute approximate surface area is 106 Å². The fourth-order valence-corrected chi connectivity index (χ4v) is 2.04. The van der Waals surface area contributed by atoms with Crippen LogP contribution in [0.1, 0.15) is 11.1 Å². The van der Waals surface area contributed by atoms with Crippen LogP contribution in [0.4, 0.5) is 5.69 Å². The maximum Gasteiger partial charge on any atom is 0.223 e. The second-order valence-electron chi connectivity index (χ2n) is 4.45. The lowest BCUT2D eigenvalue weighted by Gasteiger charge is -2.24. The Hall–Kier alpha value is -2.08. The summed E-state index contributed by atoms with van der Waals surface area (Å²) in [5.74, 6) is -0.0203. The van der Waals surface area contributed by atoms with Crippen LogP contribution in [0.3, 0.4) is 0 Å². The monoisotopic (exact) mass is 246 g/mol. The Balaban J connectivity index is 2.26. The molecule has 2 rings (SSSR count). The van der Waals surface area contributed by atoms with Crippen molar-refractivity contribution < 1.29 is 0 Å². The topological polar surface area (TPSA) is 106 Å². The Morgan fingerprint density at radius 3 is 2.72 bits per heavy atom. The molecule has 0 saturated heterocycles. The Morgan fingerprint density at radius 1 is 1.22 bits per heavy atom. The van der Waals surface area contributed by atoms with Crippen LogP contribution in [-0.4, -0.2) is 30.4 Å². The quantitative estimate of drug-likeness (QED) is 0.475. The molecular weight excluding hydrogens is 228 g/mol. The van der Waals surface area contributed by atoms with Crippen molar-refractivity contribution in [2.75, 3.05) is 13.6 Å². The second kappa shape index (κ2) is 5.05. The number of benzene rings is 1. The number of hydrogen-bond acceptors (Lipinski definition) is 2. The summed E-state index contributed by atoms with van der Waals surface area (Å²) in [6.45, 7) is 2.02. The van der Waals surface area contributed by atoms with E-state index in [1.165, 1.54) is 11.1 Å². The summed E-state index contributed by atoms with van der Waals surface area (Å²) >= 11 is 0. The van der Waals surface area contributed by atoms with Gasteiger partial charge in [0.1, 0.15) is 0 Å². The van der Waals surface area contributed by atoms with Gasteiger partial charge in [-0.15, -0.1) is 0 Å². The molecule has 1 aliphatic rings. The minimum atomic E-state index is -0.0889. The Kier molecular flexibility index (Phi) is 3.47. The molecule has 0 bridgehead atoms. The molecule has 0 spiro atoms. The number of aliphatic imine (C=N–C) groups is 2. The highest BCUT2D eigenvalue weighted by Crippen LogP contribution is 2.23. The van der Waals surface area contributed by atoms with Crippen LogP contribution in [0.5, 0.6) is 0 Å². The highest BCUT2D eigenvalue weighted by atomic mass is 15.1. The number of hydrogen-bond donors (Lipinski definition) is 3. The molecular formula is C12H18N6. The molecule has 1 aromatic rings. The average Bonchev–Trinajstić information content (AvgIpc) is 2.27. The van der Waals surface area contributed by atoms with E-state index in [4.69, 9.17) is 17.2 Å². The summed E-state index contributed by atoms with van der Waals surface area (Å²) < 4.78 is 0. The maximum atomic E-state index is 5.60. The minimum Gasteiger partial charge on any atom is -0.370 e. The first kappa shape index (κ1) is 12.4. The summed E-state index contributed by atoms with van der Waals surface area (Å²) in [7, 11) is 2.10. The first-order valence-corrected chi connectivity index (χ1v) is 5.79. The van der Waals surface area contributed by atoms with E-state index < -0.39 is 0 Å². The predicted octanol–water partition coefficient (Wildman–Crippen LogP) is -0.106. The molecule has 0 atom stereocenters. The standard InChI is InChI=1S/C12H18N6/c1-18-5-4-8-2-3-10(6-9(8)7-18)16-12(15)17-11(13)14/h2-3,6H,4-5,7H2,1H3,(H6,13,14,15,16,17). The molecule has 6 N–H and O–H groups in total. The number of likely N-dealkylation sites (N-methyl/N-ethyl adjacent to an activating group) is 1. The van der Waals surface area contributed by atoms with Gasteiger partial charge in [0, 0.05) is 13.1 Å². The molecule has 1 aliphatic heterocycles. The number of nitrogens with zero attached hydrogens (tertiary/aromatic N) is 3. The summed E-state index contributed by atoms with van der Waals surface area (Å²) in [4.78, 5) is 10.1. The highest BCUT2D eigenvalue weighted by molar-refractivity contribution is 5.93. The molecule has 0 aliphatic carbocycles. The van der Waals surface area contributed by atoms with Gasteiger partial charge < -0.3 is 22.1 Å². The third kappa shape index (κ3) is 2.98. The van der Waals surface area contributed by atoms with Gasteiger partial charge in [-0.1, -0.05) is 6.07 Å². The van der Waals surface area contributed by atoms with Crippen molar-refractivity contribution in [3.63, 3.8) is 0 Å². The molecule has 18 heavy (non-hydrogen) atoms. The van der Waals surface area contributed by atoms with Crippen molar-refractivity contribution >= 4 is 17.6 Å². The van der Waals surface area contributed by atoms with E-state index in [2.05, 4.69) is 28.0 Å². The van der Waals surface area contributed by atoms with E-state index in [1.54, 1.807) is 0 Å². The van der Waals surface area contributed by atoms with Crippen LogP contribution in [-0.2, 0) is 13.0 Å². The van der Waals surface area contributed by atoms with Gasteiger partial charge in [-0.05, 0) is 36.7 Å². The molecule has 1 heterocycles. The fourth-order valence-electron chi connectivity index (χ4n) is 2.04. The normalized spacial score (nSPS) is 16.2. The molecule has 1 aromatic carbocycles. The molecule has 6 nitrogen and oxygen atoms in total. The Morgan fingerprint density at radius 2 is 2.00 bits per heavy atom. The zero-order valence-corrected chi connectivity index (χ0v) is 10.4. The van der Waals surface area contributed by atoms with Gasteiger partial charge in [0.25, 0.3) is 0 Å². The van der Waals surface area contributed by atoms with Crippen molar-refractivity contribution in [2.24, 2.45) is 27.2 Å². The number of nitrogens with two attached hydrogens (primary N) is 3. The highest BCUT2D eigenvalue weighted by Gasteiger charge is 2.13. The van der Waals surface area contributed by atoms with Crippen LogP contribution in [0.2, 0.25) is 0 Å². The second-order valence-corrected chi connectivity index (χ2v) is 4.45. The van der Waals surface area contributed by atoms with Crippen LogP contribution < -0.4 is 17.2 Å². The van der Waals surface area contributed by atoms with Crippen LogP contribution in [0.15, 0.2) is 28.2 Å². The van der Waals surface area contributed by atoms with Gasteiger partial charge in [0.05, 0.1) is 5.69 Å². The van der Waals surface area contributed by atoms with Crippen LogP contribution in [0.25, 0.3) is 0 Å². The first-order chi connectivity index (χ1) is 8.54. The van der Waals surface area contributed by atoms with E-state index in [1.807, 2.05) is 12.1 Å². The van der Waals surface area contributed by atoms with Gasteiger partial charge in [-0.3, -0.25) is 0 Å². The van der Waals surface area contributed by atoms with E-state index in [0.29, 0.717) is 0 Å². The van der Waals surface area contributed by atoms with Gasteiger partial charge in [-0.25, -0.2) is 4.99 Å². The lowest BCUT2D eigenvalue weighted by molar-refractivity contribution is 0.313. The first-order valence-electron chi connectivity index (χ1n) is 5.79. The lowest BCUT2D eigenvalue weighted by Crippen LogP contribution is -2.26. The summed E-state index contributed by atoms with van der Waals surface area (Å²) in [6, 6.07) is 6.04. The molecule has 0 saturated carbocycles. The molecule has 0 fully saturated rings. The largest absolute Gasteiger partial charge is 0.370 e. The fraction of sp³-hybridized carbons (Fsp3) is 0.333. The molecule has 6 heteroatoms. The molecule has 0 aromatic heterocycles. The summed E-state index contributed by atoms with van der Waals surface area (Å²) in [5.41, 5.74) is 19.5. The van der Waals surface area contributed by atoms with Crippen LogP contribution in [0, 0.1) is 0 Å². The molecule has 0 amide bonds. The average molecular weight is 246 g/mol. The van der Waals surface area contributed by atoms with Crippen LogP contribution >= 0.6 is 0 Å². The van der Waals surface area contributed by atoms with Gasteiger partial charge in [0.2, 0.25) is 5.96 Å². The number of rotatable bonds is 1. The summed E-state index contributed by atoms with van der Waals surface area (Å²) in [5, 5.41) is 0. The zero-order valence-electron chi connectivity index (χ0n) is 10.4. The lowest BCUT2D eigenvalue weighted by atomic mass is 9.99. The molecule has 0 radical (unpaired) electrons.